The predicted molar refractivity (Wildman–Crippen MR) is 153 cm³/mol. The molecule has 0 spiro atoms. The average Bonchev–Trinajstić information content (AvgIpc) is 3.57. The maximum absolute atomic E-state index is 6.37. The van der Waals surface area contributed by atoms with Crippen LogP contribution < -0.4 is 9.64 Å². The first-order chi connectivity index (χ1) is 19.2. The Hall–Kier alpha value is -4.67. The maximum Gasteiger partial charge on any atom is 2.00 e. The van der Waals surface area contributed by atoms with Gasteiger partial charge >= 0.3 is 21.1 Å². The topological polar surface area (TPSA) is 56.3 Å². The molecule has 3 aromatic heterocycles. The van der Waals surface area contributed by atoms with Crippen LogP contribution in [0.5, 0.6) is 11.5 Å². The molecule has 6 nitrogen and oxygen atoms in total. The second-order valence-electron chi connectivity index (χ2n) is 9.07. The zero-order valence-electron chi connectivity index (χ0n) is 21.4. The Balaban J connectivity index is 0.00000289. The van der Waals surface area contributed by atoms with Crippen molar-refractivity contribution < 1.29 is 30.2 Å². The summed E-state index contributed by atoms with van der Waals surface area (Å²) in [5.74, 6) is 2.62. The number of para-hydroxylation sites is 2. The minimum Gasteiger partial charge on any atom is -0.503 e. The molecule has 0 bridgehead atoms. The number of hydrogen-bond acceptors (Lipinski definition) is 5. The smallest absolute Gasteiger partial charge is 0.503 e. The fourth-order valence-corrected chi connectivity index (χ4v) is 4.79. The third-order valence-electron chi connectivity index (χ3n) is 6.53. The maximum atomic E-state index is 6.37. The van der Waals surface area contributed by atoms with Crippen LogP contribution >= 0.6 is 0 Å². The number of pyridine rings is 1. The van der Waals surface area contributed by atoms with Gasteiger partial charge < -0.3 is 18.6 Å². The van der Waals surface area contributed by atoms with Gasteiger partial charge in [0, 0.05) is 48.4 Å². The van der Waals surface area contributed by atoms with Gasteiger partial charge in [-0.2, -0.15) is 0 Å². The molecule has 7 heteroatoms. The first-order valence-corrected chi connectivity index (χ1v) is 12.6. The van der Waals surface area contributed by atoms with Crippen LogP contribution in [0.1, 0.15) is 0 Å². The molecular weight excluding hydrogens is 679 g/mol. The molecule has 0 aliphatic rings. The number of ether oxygens (including phenoxy) is 1. The summed E-state index contributed by atoms with van der Waals surface area (Å²) >= 11 is 0. The van der Waals surface area contributed by atoms with Crippen LogP contribution in [0.4, 0.5) is 17.2 Å². The van der Waals surface area contributed by atoms with E-state index in [4.69, 9.17) is 9.15 Å². The molecule has 0 saturated carbocycles. The van der Waals surface area contributed by atoms with Gasteiger partial charge in [0.2, 0.25) is 0 Å². The van der Waals surface area contributed by atoms with E-state index >= 15 is 0 Å². The summed E-state index contributed by atoms with van der Waals surface area (Å²) in [5.41, 5.74) is 4.04. The van der Waals surface area contributed by atoms with Gasteiger partial charge in [0.25, 0.3) is 0 Å². The van der Waals surface area contributed by atoms with Gasteiger partial charge in [0.15, 0.2) is 0 Å². The number of imidazole rings is 1. The van der Waals surface area contributed by atoms with Crippen molar-refractivity contribution in [1.82, 2.24) is 14.5 Å². The molecule has 7 rings (SSSR count). The van der Waals surface area contributed by atoms with Crippen molar-refractivity contribution in [3.8, 4) is 22.9 Å². The number of aryl methyl sites for hydroxylation is 1. The van der Waals surface area contributed by atoms with Crippen molar-refractivity contribution in [2.45, 2.75) is 0 Å². The molecule has 0 unspecified atom stereocenters. The molecule has 0 atom stereocenters. The number of nitrogens with zero attached hydrogens (tertiary/aromatic N) is 4. The van der Waals surface area contributed by atoms with Crippen LogP contribution in [-0.4, -0.2) is 14.5 Å². The standard InChI is InChI=1S/C33H22N4O2.Pt/c1-36-19-18-35-33(36)23-10-9-13-25(20-23)38-26-21-28(32-27-14-5-6-15-29(27)39-30(32)22-26)37(24-11-3-2-4-12-24)31-16-7-8-17-34-31;/h2-19,22H,1H3;/q-2;+2. The van der Waals surface area contributed by atoms with Gasteiger partial charge in [-0.25, -0.2) is 4.98 Å². The van der Waals surface area contributed by atoms with Crippen LogP contribution in [-0.2, 0) is 28.1 Å². The molecule has 0 saturated heterocycles. The van der Waals surface area contributed by atoms with Gasteiger partial charge in [0.1, 0.15) is 11.4 Å². The van der Waals surface area contributed by atoms with E-state index in [0.717, 1.165) is 44.9 Å². The van der Waals surface area contributed by atoms with Crippen molar-refractivity contribution in [2.75, 3.05) is 4.90 Å². The van der Waals surface area contributed by atoms with Crippen molar-refractivity contribution in [3.63, 3.8) is 0 Å². The zero-order chi connectivity index (χ0) is 26.2. The molecule has 196 valence electrons. The van der Waals surface area contributed by atoms with Gasteiger partial charge in [0.05, 0.1) is 5.82 Å². The Morgan fingerprint density at radius 3 is 2.40 bits per heavy atom. The number of aromatic nitrogens is 3. The van der Waals surface area contributed by atoms with Gasteiger partial charge in [-0.05, 0) is 35.7 Å². The number of benzene rings is 4. The Kier molecular flexibility index (Phi) is 6.93. The van der Waals surface area contributed by atoms with Crippen LogP contribution in [0.3, 0.4) is 0 Å². The summed E-state index contributed by atoms with van der Waals surface area (Å²) in [6, 6.07) is 38.5. The molecule has 0 aliphatic carbocycles. The summed E-state index contributed by atoms with van der Waals surface area (Å²) in [7, 11) is 1.95. The zero-order valence-corrected chi connectivity index (χ0v) is 23.7. The predicted octanol–water partition coefficient (Wildman–Crippen LogP) is 8.24. The average molecular weight is 702 g/mol. The summed E-state index contributed by atoms with van der Waals surface area (Å²) in [4.78, 5) is 11.2. The Morgan fingerprint density at radius 1 is 0.775 bits per heavy atom. The van der Waals surface area contributed by atoms with E-state index in [-0.39, 0.29) is 21.1 Å². The SMILES string of the molecule is Cn1ccnc1-c1[c-]c(Oc2[c-]c(N(c3ccccc3)c3ccccn3)c3c(c2)oc2ccccc23)ccc1.[Pt+2]. The fourth-order valence-electron chi connectivity index (χ4n) is 4.79. The van der Waals surface area contributed by atoms with Crippen LogP contribution in [0.25, 0.3) is 33.3 Å². The van der Waals surface area contributed by atoms with E-state index in [1.165, 1.54) is 0 Å². The first kappa shape index (κ1) is 25.6. The third kappa shape index (κ3) is 4.67. The minimum absolute atomic E-state index is 0. The van der Waals surface area contributed by atoms with E-state index in [9.17, 15) is 0 Å². The van der Waals surface area contributed by atoms with E-state index in [0.29, 0.717) is 17.1 Å². The summed E-state index contributed by atoms with van der Waals surface area (Å²) in [6.45, 7) is 0. The number of hydrogen-bond donors (Lipinski definition) is 0. The third-order valence-corrected chi connectivity index (χ3v) is 6.53. The largest absolute Gasteiger partial charge is 2.00 e. The fraction of sp³-hybridized carbons (Fsp3) is 0.0303. The van der Waals surface area contributed by atoms with E-state index < -0.39 is 0 Å². The van der Waals surface area contributed by atoms with Crippen LogP contribution in [0, 0.1) is 12.1 Å². The minimum atomic E-state index is 0. The second kappa shape index (κ2) is 10.8. The number of rotatable bonds is 6. The molecule has 0 N–H and O–H groups in total. The van der Waals surface area contributed by atoms with Gasteiger partial charge in [-0.3, -0.25) is 4.98 Å². The summed E-state index contributed by atoms with van der Waals surface area (Å²) < 4.78 is 14.6. The first-order valence-electron chi connectivity index (χ1n) is 12.6. The van der Waals surface area contributed by atoms with E-state index in [2.05, 4.69) is 33.1 Å². The normalized spacial score (nSPS) is 10.9. The summed E-state index contributed by atoms with van der Waals surface area (Å²) in [5, 5.41) is 1.92. The number of anilines is 3. The molecule has 0 fully saturated rings. The van der Waals surface area contributed by atoms with Crippen LogP contribution in [0.2, 0.25) is 0 Å². The van der Waals surface area contributed by atoms with Crippen molar-refractivity contribution in [3.05, 3.63) is 128 Å². The van der Waals surface area contributed by atoms with Gasteiger partial charge in [-0.1, -0.05) is 65.7 Å². The monoisotopic (exact) mass is 701 g/mol. The Labute approximate surface area is 245 Å². The Morgan fingerprint density at radius 2 is 1.60 bits per heavy atom. The number of fused-ring (bicyclic) bond motifs is 3. The molecule has 7 aromatic rings. The Bertz CT molecular complexity index is 1880. The molecule has 0 amide bonds. The molecular formula is C33H22N4O2Pt. The van der Waals surface area contributed by atoms with Crippen LogP contribution in [0.15, 0.2) is 120 Å². The second-order valence-corrected chi connectivity index (χ2v) is 9.07. The van der Waals surface area contributed by atoms with Gasteiger partial charge in [-0.15, -0.1) is 29.8 Å². The van der Waals surface area contributed by atoms with Crippen molar-refractivity contribution >= 4 is 39.1 Å². The number of furan rings is 1. The molecule has 4 aromatic carbocycles. The molecule has 40 heavy (non-hydrogen) atoms. The van der Waals surface area contributed by atoms with Crippen molar-refractivity contribution in [2.24, 2.45) is 7.05 Å². The molecule has 0 aliphatic heterocycles. The quantitative estimate of drug-likeness (QED) is 0.164. The van der Waals surface area contributed by atoms with E-state index in [1.807, 2.05) is 109 Å². The molecule has 3 heterocycles. The summed E-state index contributed by atoms with van der Waals surface area (Å²) in [6.07, 6.45) is 5.46. The molecule has 0 radical (unpaired) electrons. The van der Waals surface area contributed by atoms with Crippen molar-refractivity contribution in [1.29, 1.82) is 0 Å². The van der Waals surface area contributed by atoms with E-state index in [1.54, 1.807) is 12.4 Å².